The number of hydrogen-bond acceptors (Lipinski definition) is 3. The molecule has 1 atom stereocenters. The first-order valence-corrected chi connectivity index (χ1v) is 7.56. The summed E-state index contributed by atoms with van der Waals surface area (Å²) >= 11 is 0. The van der Waals surface area contributed by atoms with Crippen molar-refractivity contribution < 1.29 is 14.6 Å². The number of nitrogens with zero attached hydrogens (tertiary/aromatic N) is 1. The summed E-state index contributed by atoms with van der Waals surface area (Å²) in [6, 6.07) is 8.17. The van der Waals surface area contributed by atoms with Crippen LogP contribution in [0.5, 0.6) is 5.75 Å². The van der Waals surface area contributed by atoms with Crippen LogP contribution in [0.1, 0.15) is 45.1 Å². The van der Waals surface area contributed by atoms with Gasteiger partial charge >= 0.3 is 5.97 Å². The molecule has 0 fully saturated rings. The number of benzene rings is 1. The van der Waals surface area contributed by atoms with Gasteiger partial charge in [0.15, 0.2) is 0 Å². The van der Waals surface area contributed by atoms with Gasteiger partial charge in [0.1, 0.15) is 5.75 Å². The zero-order chi connectivity index (χ0) is 15.5. The van der Waals surface area contributed by atoms with Gasteiger partial charge in [-0.3, -0.25) is 9.69 Å². The first-order chi connectivity index (χ1) is 9.88. The van der Waals surface area contributed by atoms with Crippen LogP contribution in [0.15, 0.2) is 24.3 Å². The van der Waals surface area contributed by atoms with E-state index in [1.54, 1.807) is 0 Å². The fourth-order valence-electron chi connectivity index (χ4n) is 2.80. The second-order valence-electron chi connectivity index (χ2n) is 6.63. The third-order valence-corrected chi connectivity index (χ3v) is 4.07. The quantitative estimate of drug-likeness (QED) is 0.905. The molecule has 0 aromatic heterocycles. The lowest BCUT2D eigenvalue weighted by molar-refractivity contribution is -0.137. The molecule has 1 unspecified atom stereocenters. The van der Waals surface area contributed by atoms with Crippen molar-refractivity contribution in [1.82, 2.24) is 4.90 Å². The van der Waals surface area contributed by atoms with Gasteiger partial charge in [-0.1, -0.05) is 18.2 Å². The van der Waals surface area contributed by atoms with E-state index >= 15 is 0 Å². The van der Waals surface area contributed by atoms with Gasteiger partial charge in [0, 0.05) is 24.5 Å². The van der Waals surface area contributed by atoms with Crippen molar-refractivity contribution in [1.29, 1.82) is 0 Å². The molecule has 0 spiro atoms. The SMILES string of the molecule is CC(C)(C)N(CCC(=O)O)CC1CCOc2ccccc21. The Morgan fingerprint density at radius 3 is 2.76 bits per heavy atom. The molecule has 4 nitrogen and oxygen atoms in total. The van der Waals surface area contributed by atoms with Crippen LogP contribution in [0.4, 0.5) is 0 Å². The average molecular weight is 291 g/mol. The largest absolute Gasteiger partial charge is 0.493 e. The fraction of sp³-hybridized carbons (Fsp3) is 0.588. The molecule has 1 N–H and O–H groups in total. The summed E-state index contributed by atoms with van der Waals surface area (Å²) < 4.78 is 5.71. The number of carboxylic acids is 1. The highest BCUT2D eigenvalue weighted by Crippen LogP contribution is 2.35. The minimum atomic E-state index is -0.739. The Hall–Kier alpha value is -1.55. The van der Waals surface area contributed by atoms with Gasteiger partial charge in [-0.2, -0.15) is 0 Å². The van der Waals surface area contributed by atoms with Crippen LogP contribution in [-0.4, -0.2) is 41.2 Å². The zero-order valence-corrected chi connectivity index (χ0v) is 13.1. The predicted molar refractivity (Wildman–Crippen MR) is 82.9 cm³/mol. The Bertz CT molecular complexity index is 493. The number of hydrogen-bond donors (Lipinski definition) is 1. The molecular weight excluding hydrogens is 266 g/mol. The molecule has 1 aromatic carbocycles. The summed E-state index contributed by atoms with van der Waals surface area (Å²) in [7, 11) is 0. The van der Waals surface area contributed by atoms with E-state index in [1.165, 1.54) is 5.56 Å². The van der Waals surface area contributed by atoms with E-state index in [-0.39, 0.29) is 12.0 Å². The Labute approximate surface area is 126 Å². The Balaban J connectivity index is 2.12. The molecule has 1 heterocycles. The van der Waals surface area contributed by atoms with E-state index in [1.807, 2.05) is 18.2 Å². The van der Waals surface area contributed by atoms with Crippen LogP contribution in [0, 0.1) is 0 Å². The van der Waals surface area contributed by atoms with Gasteiger partial charge in [0.25, 0.3) is 0 Å². The first kappa shape index (κ1) is 15.8. The number of para-hydroxylation sites is 1. The average Bonchev–Trinajstić information content (AvgIpc) is 2.42. The lowest BCUT2D eigenvalue weighted by Gasteiger charge is -2.39. The molecule has 0 bridgehead atoms. The zero-order valence-electron chi connectivity index (χ0n) is 13.1. The normalized spacial score (nSPS) is 18.2. The summed E-state index contributed by atoms with van der Waals surface area (Å²) in [6.45, 7) is 8.61. The van der Waals surface area contributed by atoms with Crippen LogP contribution in [0.25, 0.3) is 0 Å². The third-order valence-electron chi connectivity index (χ3n) is 4.07. The van der Waals surface area contributed by atoms with Crippen molar-refractivity contribution in [3.05, 3.63) is 29.8 Å². The highest BCUT2D eigenvalue weighted by molar-refractivity contribution is 5.66. The van der Waals surface area contributed by atoms with Gasteiger partial charge in [-0.05, 0) is 38.8 Å². The maximum absolute atomic E-state index is 10.9. The van der Waals surface area contributed by atoms with Gasteiger partial charge in [0.05, 0.1) is 13.0 Å². The molecule has 1 aliphatic rings. The third kappa shape index (κ3) is 4.21. The molecular formula is C17H25NO3. The molecule has 21 heavy (non-hydrogen) atoms. The number of carboxylic acid groups (broad SMARTS) is 1. The molecule has 116 valence electrons. The standard InChI is InChI=1S/C17H25NO3/c1-17(2,3)18(10-8-16(19)20)12-13-9-11-21-15-7-5-4-6-14(13)15/h4-7,13H,8-12H2,1-3H3,(H,19,20). The summed E-state index contributed by atoms with van der Waals surface area (Å²) in [4.78, 5) is 13.1. The summed E-state index contributed by atoms with van der Waals surface area (Å²) in [6.07, 6.45) is 1.17. The van der Waals surface area contributed by atoms with Gasteiger partial charge in [-0.25, -0.2) is 0 Å². The minimum absolute atomic E-state index is 0.0390. The van der Waals surface area contributed by atoms with Crippen molar-refractivity contribution in [2.24, 2.45) is 0 Å². The van der Waals surface area contributed by atoms with Crippen LogP contribution in [-0.2, 0) is 4.79 Å². The van der Waals surface area contributed by atoms with Crippen molar-refractivity contribution in [3.63, 3.8) is 0 Å². The smallest absolute Gasteiger partial charge is 0.304 e. The van der Waals surface area contributed by atoms with Crippen LogP contribution < -0.4 is 4.74 Å². The van der Waals surface area contributed by atoms with Crippen LogP contribution in [0.2, 0.25) is 0 Å². The van der Waals surface area contributed by atoms with Crippen molar-refractivity contribution in [2.45, 2.75) is 45.1 Å². The summed E-state index contributed by atoms with van der Waals surface area (Å²) in [5, 5.41) is 8.95. The molecule has 1 aliphatic heterocycles. The van der Waals surface area contributed by atoms with E-state index in [2.05, 4.69) is 31.7 Å². The maximum atomic E-state index is 10.9. The molecule has 2 rings (SSSR count). The molecule has 1 aromatic rings. The van der Waals surface area contributed by atoms with Crippen molar-refractivity contribution in [3.8, 4) is 5.75 Å². The number of carbonyl (C=O) groups is 1. The highest BCUT2D eigenvalue weighted by Gasteiger charge is 2.28. The van der Waals surface area contributed by atoms with E-state index < -0.39 is 5.97 Å². The first-order valence-electron chi connectivity index (χ1n) is 7.56. The Morgan fingerprint density at radius 2 is 2.10 bits per heavy atom. The monoisotopic (exact) mass is 291 g/mol. The van der Waals surface area contributed by atoms with E-state index in [0.29, 0.717) is 12.5 Å². The number of fused-ring (bicyclic) bond motifs is 1. The maximum Gasteiger partial charge on any atom is 0.304 e. The van der Waals surface area contributed by atoms with Gasteiger partial charge < -0.3 is 9.84 Å². The number of rotatable bonds is 5. The van der Waals surface area contributed by atoms with E-state index in [0.717, 1.165) is 25.3 Å². The molecule has 0 aliphatic carbocycles. The summed E-state index contributed by atoms with van der Waals surface area (Å²) in [5.74, 6) is 0.639. The van der Waals surface area contributed by atoms with Crippen molar-refractivity contribution >= 4 is 5.97 Å². The Kier molecular flexibility index (Phi) is 4.88. The topological polar surface area (TPSA) is 49.8 Å². The highest BCUT2D eigenvalue weighted by atomic mass is 16.5. The van der Waals surface area contributed by atoms with Gasteiger partial charge in [-0.15, -0.1) is 0 Å². The minimum Gasteiger partial charge on any atom is -0.493 e. The molecule has 0 amide bonds. The van der Waals surface area contributed by atoms with E-state index in [4.69, 9.17) is 9.84 Å². The lowest BCUT2D eigenvalue weighted by atomic mass is 9.91. The lowest BCUT2D eigenvalue weighted by Crippen LogP contribution is -2.45. The molecule has 0 radical (unpaired) electrons. The fourth-order valence-corrected chi connectivity index (χ4v) is 2.80. The Morgan fingerprint density at radius 1 is 1.38 bits per heavy atom. The second kappa shape index (κ2) is 6.48. The molecule has 0 saturated heterocycles. The van der Waals surface area contributed by atoms with Crippen LogP contribution >= 0.6 is 0 Å². The number of aliphatic carboxylic acids is 1. The van der Waals surface area contributed by atoms with Crippen molar-refractivity contribution in [2.75, 3.05) is 19.7 Å². The second-order valence-corrected chi connectivity index (χ2v) is 6.63. The summed E-state index contributed by atoms with van der Waals surface area (Å²) in [5.41, 5.74) is 1.20. The number of ether oxygens (including phenoxy) is 1. The predicted octanol–water partition coefficient (Wildman–Crippen LogP) is 3.13. The molecule has 0 saturated carbocycles. The van der Waals surface area contributed by atoms with E-state index in [9.17, 15) is 4.79 Å². The van der Waals surface area contributed by atoms with Gasteiger partial charge in [0.2, 0.25) is 0 Å². The molecule has 4 heteroatoms. The van der Waals surface area contributed by atoms with Crippen LogP contribution in [0.3, 0.4) is 0 Å².